The molecule has 0 saturated carbocycles. The number of sulfonamides is 1. The lowest BCUT2D eigenvalue weighted by Crippen LogP contribution is -2.52. The van der Waals surface area contributed by atoms with Crippen molar-refractivity contribution in [2.45, 2.75) is 56.5 Å². The minimum Gasteiger partial charge on any atom is -0.355 e. The molecule has 208 valence electrons. The zero-order chi connectivity index (χ0) is 28.6. The van der Waals surface area contributed by atoms with Gasteiger partial charge in [0.2, 0.25) is 11.8 Å². The molecule has 3 rings (SSSR count). The Balaban J connectivity index is 2.06. The van der Waals surface area contributed by atoms with Gasteiger partial charge in [0.05, 0.1) is 10.6 Å². The second-order valence-electron chi connectivity index (χ2n) is 9.29. The van der Waals surface area contributed by atoms with E-state index in [4.69, 9.17) is 0 Å². The summed E-state index contributed by atoms with van der Waals surface area (Å²) in [5.41, 5.74) is 3.23. The van der Waals surface area contributed by atoms with Crippen LogP contribution in [0.2, 0.25) is 0 Å². The Morgan fingerprint density at radius 1 is 0.923 bits per heavy atom. The molecular formula is C30H37N3O4S2. The van der Waals surface area contributed by atoms with Crippen LogP contribution >= 0.6 is 11.8 Å². The Bertz CT molecular complexity index is 1370. The van der Waals surface area contributed by atoms with E-state index >= 15 is 0 Å². The summed E-state index contributed by atoms with van der Waals surface area (Å²) < 4.78 is 29.0. The predicted molar refractivity (Wildman–Crippen MR) is 158 cm³/mol. The molecule has 39 heavy (non-hydrogen) atoms. The van der Waals surface area contributed by atoms with E-state index in [9.17, 15) is 18.0 Å². The lowest BCUT2D eigenvalue weighted by molar-refractivity contribution is -0.140. The van der Waals surface area contributed by atoms with Gasteiger partial charge in [-0.05, 0) is 81.0 Å². The number of benzene rings is 3. The van der Waals surface area contributed by atoms with Gasteiger partial charge in [0, 0.05) is 18.0 Å². The van der Waals surface area contributed by atoms with Crippen LogP contribution < -0.4 is 9.62 Å². The molecule has 3 aromatic rings. The van der Waals surface area contributed by atoms with Gasteiger partial charge in [-0.2, -0.15) is 0 Å². The van der Waals surface area contributed by atoms with Gasteiger partial charge < -0.3 is 10.2 Å². The Hall–Kier alpha value is -3.30. The van der Waals surface area contributed by atoms with Crippen molar-refractivity contribution in [3.8, 4) is 0 Å². The van der Waals surface area contributed by atoms with Gasteiger partial charge in [-0.3, -0.25) is 13.9 Å². The predicted octanol–water partition coefficient (Wildman–Crippen LogP) is 5.16. The Morgan fingerprint density at radius 3 is 2.13 bits per heavy atom. The van der Waals surface area contributed by atoms with Crippen LogP contribution in [0.4, 0.5) is 5.69 Å². The topological polar surface area (TPSA) is 86.8 Å². The Morgan fingerprint density at radius 2 is 1.56 bits per heavy atom. The second-order valence-corrected chi connectivity index (χ2v) is 12.0. The van der Waals surface area contributed by atoms with Crippen molar-refractivity contribution in [2.75, 3.05) is 23.7 Å². The summed E-state index contributed by atoms with van der Waals surface area (Å²) in [6.07, 6.45) is 2.31. The van der Waals surface area contributed by atoms with E-state index in [2.05, 4.69) is 5.32 Å². The molecule has 0 bridgehead atoms. The first-order chi connectivity index (χ1) is 18.6. The van der Waals surface area contributed by atoms with Crippen molar-refractivity contribution in [1.82, 2.24) is 10.2 Å². The first-order valence-corrected chi connectivity index (χ1v) is 15.6. The molecule has 0 aliphatic carbocycles. The molecule has 0 saturated heterocycles. The highest BCUT2D eigenvalue weighted by Crippen LogP contribution is 2.27. The molecular weight excluding hydrogens is 530 g/mol. The number of anilines is 1. The minimum atomic E-state index is -4.09. The number of carbonyl (C=O) groups is 2. The van der Waals surface area contributed by atoms with E-state index in [1.54, 1.807) is 36.4 Å². The van der Waals surface area contributed by atoms with Crippen LogP contribution in [0.15, 0.2) is 82.6 Å². The lowest BCUT2D eigenvalue weighted by Gasteiger charge is -2.33. The average Bonchev–Trinajstić information content (AvgIpc) is 2.93. The number of aryl methyl sites for hydroxylation is 2. The molecule has 0 aliphatic rings. The highest BCUT2D eigenvalue weighted by Gasteiger charge is 2.33. The zero-order valence-corrected chi connectivity index (χ0v) is 24.8. The molecule has 0 spiro atoms. The van der Waals surface area contributed by atoms with Crippen molar-refractivity contribution in [3.05, 3.63) is 89.5 Å². The van der Waals surface area contributed by atoms with E-state index in [1.807, 2.05) is 70.3 Å². The molecule has 7 nitrogen and oxygen atoms in total. The van der Waals surface area contributed by atoms with E-state index in [0.29, 0.717) is 18.7 Å². The van der Waals surface area contributed by atoms with E-state index in [-0.39, 0.29) is 17.3 Å². The van der Waals surface area contributed by atoms with Crippen LogP contribution in [0.5, 0.6) is 0 Å². The van der Waals surface area contributed by atoms with Crippen molar-refractivity contribution < 1.29 is 18.0 Å². The Labute approximate surface area is 236 Å². The summed E-state index contributed by atoms with van der Waals surface area (Å²) in [6.45, 7) is 7.70. The molecule has 0 unspecified atom stereocenters. The summed E-state index contributed by atoms with van der Waals surface area (Å²) in [4.78, 5) is 29.6. The van der Waals surface area contributed by atoms with Gasteiger partial charge in [0.1, 0.15) is 12.6 Å². The highest BCUT2D eigenvalue weighted by atomic mass is 32.2. The van der Waals surface area contributed by atoms with Crippen LogP contribution in [0, 0.1) is 13.8 Å². The number of nitrogens with zero attached hydrogens (tertiary/aromatic N) is 2. The second kappa shape index (κ2) is 13.7. The largest absolute Gasteiger partial charge is 0.355 e. The van der Waals surface area contributed by atoms with Crippen LogP contribution in [-0.2, 0) is 26.2 Å². The molecule has 0 heterocycles. The highest BCUT2D eigenvalue weighted by molar-refractivity contribution is 7.98. The average molecular weight is 568 g/mol. The third-order valence-electron chi connectivity index (χ3n) is 6.59. The fourth-order valence-corrected chi connectivity index (χ4v) is 6.12. The van der Waals surface area contributed by atoms with Gasteiger partial charge >= 0.3 is 0 Å². The molecule has 9 heteroatoms. The van der Waals surface area contributed by atoms with E-state index < -0.39 is 28.5 Å². The van der Waals surface area contributed by atoms with Crippen LogP contribution in [0.25, 0.3) is 0 Å². The van der Waals surface area contributed by atoms with Gasteiger partial charge in [-0.25, -0.2) is 8.42 Å². The first kappa shape index (κ1) is 30.2. The molecule has 0 aromatic heterocycles. The maximum absolute atomic E-state index is 14.0. The molecule has 3 aromatic carbocycles. The smallest absolute Gasteiger partial charge is 0.264 e. The molecule has 2 amide bonds. The van der Waals surface area contributed by atoms with Crippen molar-refractivity contribution in [1.29, 1.82) is 0 Å². The molecule has 1 atom stereocenters. The number of thioether (sulfide) groups is 1. The number of rotatable bonds is 12. The third-order valence-corrected chi connectivity index (χ3v) is 9.12. The quantitative estimate of drug-likeness (QED) is 0.306. The third kappa shape index (κ3) is 7.42. The summed E-state index contributed by atoms with van der Waals surface area (Å²) >= 11 is 1.52. The van der Waals surface area contributed by atoms with Crippen LogP contribution in [0.3, 0.4) is 0 Å². The first-order valence-electron chi connectivity index (χ1n) is 13.0. The standard InChI is InChI=1S/C30H37N3O4S2/c1-6-28(30(35)31-7-2)32(20-24-11-9-8-10-23(24)4)29(34)21-33(25-14-12-22(3)13-15-25)39(36,37)27-18-16-26(38-5)17-19-27/h8-19,28H,6-7,20-21H2,1-5H3,(H,31,35)/t28-/m1/s1. The molecule has 0 fully saturated rings. The van der Waals surface area contributed by atoms with Crippen molar-refractivity contribution in [2.24, 2.45) is 0 Å². The van der Waals surface area contributed by atoms with Crippen LogP contribution in [-0.4, -0.2) is 50.5 Å². The Kier molecular flexibility index (Phi) is 10.6. The fraction of sp³-hybridized carbons (Fsp3) is 0.333. The van der Waals surface area contributed by atoms with Gasteiger partial charge in [-0.1, -0.05) is 48.9 Å². The van der Waals surface area contributed by atoms with Crippen molar-refractivity contribution in [3.63, 3.8) is 0 Å². The number of amides is 2. The summed E-state index contributed by atoms with van der Waals surface area (Å²) in [5.74, 6) is -0.722. The van der Waals surface area contributed by atoms with Gasteiger partial charge in [0.15, 0.2) is 0 Å². The minimum absolute atomic E-state index is 0.0925. The summed E-state index contributed by atoms with van der Waals surface area (Å²) in [7, 11) is -4.09. The van der Waals surface area contributed by atoms with Gasteiger partial charge in [-0.15, -0.1) is 11.8 Å². The monoisotopic (exact) mass is 567 g/mol. The number of nitrogens with one attached hydrogen (secondary N) is 1. The normalized spacial score (nSPS) is 12.0. The molecule has 0 aliphatic heterocycles. The number of hydrogen-bond donors (Lipinski definition) is 1. The van der Waals surface area contributed by atoms with Crippen molar-refractivity contribution >= 4 is 39.3 Å². The van der Waals surface area contributed by atoms with Gasteiger partial charge in [0.25, 0.3) is 10.0 Å². The maximum Gasteiger partial charge on any atom is 0.264 e. The van der Waals surface area contributed by atoms with Crippen LogP contribution in [0.1, 0.15) is 37.0 Å². The lowest BCUT2D eigenvalue weighted by atomic mass is 10.1. The SMILES string of the molecule is CCNC(=O)[C@@H](CC)N(Cc1ccccc1C)C(=O)CN(c1ccc(C)cc1)S(=O)(=O)c1ccc(SC)cc1. The summed E-state index contributed by atoms with van der Waals surface area (Å²) in [5, 5.41) is 2.82. The van der Waals surface area contributed by atoms with E-state index in [0.717, 1.165) is 25.9 Å². The summed E-state index contributed by atoms with van der Waals surface area (Å²) in [6, 6.07) is 20.6. The van der Waals surface area contributed by atoms with E-state index in [1.165, 1.54) is 16.7 Å². The maximum atomic E-state index is 14.0. The molecule has 1 N–H and O–H groups in total. The molecule has 0 radical (unpaired) electrons. The zero-order valence-electron chi connectivity index (χ0n) is 23.2. The number of likely N-dealkylation sites (N-methyl/N-ethyl adjacent to an activating group) is 1. The fourth-order valence-electron chi connectivity index (χ4n) is 4.30. The number of carbonyl (C=O) groups excluding carboxylic acids is 2. The number of hydrogen-bond acceptors (Lipinski definition) is 5.